The molecular formula is C21H24N2O2. The number of hydrogen-bond donors (Lipinski definition) is 1. The minimum Gasteiger partial charge on any atom is -0.344 e. The van der Waals surface area contributed by atoms with Gasteiger partial charge in [0.2, 0.25) is 11.8 Å². The van der Waals surface area contributed by atoms with Gasteiger partial charge < -0.3 is 10.2 Å². The van der Waals surface area contributed by atoms with Crippen LogP contribution in [0.5, 0.6) is 0 Å². The highest BCUT2D eigenvalue weighted by molar-refractivity contribution is 6.01. The van der Waals surface area contributed by atoms with Crippen LogP contribution < -0.4 is 10.2 Å². The molecule has 25 heavy (non-hydrogen) atoms. The maximum atomic E-state index is 12.6. The van der Waals surface area contributed by atoms with Gasteiger partial charge in [-0.05, 0) is 56.0 Å². The molecule has 0 spiro atoms. The molecule has 0 saturated carbocycles. The highest BCUT2D eigenvalue weighted by Gasteiger charge is 2.33. The first-order chi connectivity index (χ1) is 11.9. The molecule has 3 rings (SSSR count). The zero-order chi connectivity index (χ0) is 18.0. The van der Waals surface area contributed by atoms with Gasteiger partial charge in [0.05, 0.1) is 6.42 Å². The van der Waals surface area contributed by atoms with Crippen LogP contribution in [0.25, 0.3) is 0 Å². The summed E-state index contributed by atoms with van der Waals surface area (Å²) in [6.45, 7) is 6.75. The maximum Gasteiger partial charge on any atom is 0.249 e. The molecule has 1 saturated heterocycles. The number of anilines is 1. The van der Waals surface area contributed by atoms with Crippen molar-refractivity contribution in [3.63, 3.8) is 0 Å². The van der Waals surface area contributed by atoms with Gasteiger partial charge >= 0.3 is 0 Å². The van der Waals surface area contributed by atoms with E-state index in [1.807, 2.05) is 56.3 Å². The number of nitrogens with one attached hydrogen (secondary N) is 1. The smallest absolute Gasteiger partial charge is 0.249 e. The predicted octanol–water partition coefficient (Wildman–Crippen LogP) is 3.08. The summed E-state index contributed by atoms with van der Waals surface area (Å²) in [5.41, 5.74) is 5.40. The Hall–Kier alpha value is -2.62. The zero-order valence-corrected chi connectivity index (χ0v) is 15.0. The molecule has 1 heterocycles. The molecule has 4 nitrogen and oxygen atoms in total. The summed E-state index contributed by atoms with van der Waals surface area (Å²) in [5, 5.41) is 2.89. The Morgan fingerprint density at radius 2 is 1.80 bits per heavy atom. The summed E-state index contributed by atoms with van der Waals surface area (Å²) in [5.74, 6) is -0.135. The highest BCUT2D eigenvalue weighted by Crippen LogP contribution is 2.24. The lowest BCUT2D eigenvalue weighted by Gasteiger charge is -2.18. The van der Waals surface area contributed by atoms with Crippen molar-refractivity contribution in [2.45, 2.75) is 39.7 Å². The predicted molar refractivity (Wildman–Crippen MR) is 99.7 cm³/mol. The first-order valence-corrected chi connectivity index (χ1v) is 8.67. The molecule has 2 aromatic rings. The van der Waals surface area contributed by atoms with E-state index >= 15 is 0 Å². The third kappa shape index (κ3) is 3.90. The molecule has 1 aliphatic rings. The second kappa shape index (κ2) is 7.09. The molecule has 2 aromatic carbocycles. The molecule has 0 bridgehead atoms. The number of nitrogens with zero attached hydrogens (tertiary/aromatic N) is 1. The summed E-state index contributed by atoms with van der Waals surface area (Å²) in [6, 6.07) is 13.5. The van der Waals surface area contributed by atoms with Crippen molar-refractivity contribution >= 4 is 17.5 Å². The third-order valence-electron chi connectivity index (χ3n) is 4.83. The van der Waals surface area contributed by atoms with E-state index in [-0.39, 0.29) is 11.8 Å². The minimum absolute atomic E-state index is 0.0273. The maximum absolute atomic E-state index is 12.6. The fourth-order valence-corrected chi connectivity index (χ4v) is 3.10. The zero-order valence-electron chi connectivity index (χ0n) is 15.0. The van der Waals surface area contributed by atoms with Gasteiger partial charge in [-0.3, -0.25) is 9.59 Å². The number of benzene rings is 2. The Kier molecular flexibility index (Phi) is 4.88. The number of aryl methyl sites for hydroxylation is 3. The summed E-state index contributed by atoms with van der Waals surface area (Å²) in [4.78, 5) is 26.7. The van der Waals surface area contributed by atoms with Crippen molar-refractivity contribution in [2.24, 2.45) is 0 Å². The van der Waals surface area contributed by atoms with Crippen LogP contribution in [0.1, 0.15) is 28.7 Å². The summed E-state index contributed by atoms with van der Waals surface area (Å²) >= 11 is 0. The largest absolute Gasteiger partial charge is 0.344 e. The normalized spacial score (nSPS) is 17.0. The van der Waals surface area contributed by atoms with E-state index in [4.69, 9.17) is 0 Å². The van der Waals surface area contributed by atoms with E-state index in [1.165, 1.54) is 11.1 Å². The molecule has 0 aromatic heterocycles. The molecule has 0 unspecified atom stereocenters. The molecule has 1 fully saturated rings. The van der Waals surface area contributed by atoms with E-state index in [2.05, 4.69) is 12.2 Å². The molecule has 2 amide bonds. The molecule has 4 heteroatoms. The van der Waals surface area contributed by atoms with Crippen molar-refractivity contribution in [1.29, 1.82) is 0 Å². The van der Waals surface area contributed by atoms with Crippen LogP contribution in [0.3, 0.4) is 0 Å². The molecule has 1 aliphatic heterocycles. The van der Waals surface area contributed by atoms with Crippen LogP contribution >= 0.6 is 0 Å². The van der Waals surface area contributed by atoms with Crippen molar-refractivity contribution in [3.8, 4) is 0 Å². The van der Waals surface area contributed by atoms with Gasteiger partial charge in [-0.2, -0.15) is 0 Å². The van der Waals surface area contributed by atoms with Crippen LogP contribution in [-0.4, -0.2) is 24.4 Å². The topological polar surface area (TPSA) is 49.4 Å². The van der Waals surface area contributed by atoms with E-state index in [9.17, 15) is 9.59 Å². The second-order valence-corrected chi connectivity index (χ2v) is 6.83. The number of rotatable bonds is 4. The summed E-state index contributed by atoms with van der Waals surface area (Å²) in [6.07, 6.45) is 0.944. The summed E-state index contributed by atoms with van der Waals surface area (Å²) < 4.78 is 0. The third-order valence-corrected chi connectivity index (χ3v) is 4.83. The van der Waals surface area contributed by atoms with Crippen LogP contribution in [0.15, 0.2) is 42.5 Å². The fourth-order valence-electron chi connectivity index (χ4n) is 3.10. The monoisotopic (exact) mass is 336 g/mol. The van der Waals surface area contributed by atoms with Gasteiger partial charge in [-0.1, -0.05) is 35.9 Å². The molecule has 130 valence electrons. The Labute approximate surface area is 148 Å². The number of hydrogen-bond acceptors (Lipinski definition) is 2. The van der Waals surface area contributed by atoms with Gasteiger partial charge in [0.15, 0.2) is 0 Å². The van der Waals surface area contributed by atoms with Crippen LogP contribution in [-0.2, 0) is 16.0 Å². The second-order valence-electron chi connectivity index (χ2n) is 6.83. The average Bonchev–Trinajstić information content (AvgIpc) is 2.93. The van der Waals surface area contributed by atoms with Crippen molar-refractivity contribution in [2.75, 3.05) is 11.4 Å². The Morgan fingerprint density at radius 3 is 2.48 bits per heavy atom. The minimum atomic E-state index is -0.431. The summed E-state index contributed by atoms with van der Waals surface area (Å²) in [7, 11) is 0. The Morgan fingerprint density at radius 1 is 1.08 bits per heavy atom. The first kappa shape index (κ1) is 17.2. The lowest BCUT2D eigenvalue weighted by molar-refractivity contribution is -0.126. The van der Waals surface area contributed by atoms with Gasteiger partial charge in [0.25, 0.3) is 0 Å². The van der Waals surface area contributed by atoms with Crippen molar-refractivity contribution in [3.05, 3.63) is 64.7 Å². The van der Waals surface area contributed by atoms with Gasteiger partial charge in [0.1, 0.15) is 6.04 Å². The molecule has 0 aliphatic carbocycles. The fraction of sp³-hybridized carbons (Fsp3) is 0.333. The molecule has 0 radical (unpaired) electrons. The lowest BCUT2D eigenvalue weighted by atomic mass is 10.1. The molecule has 1 atom stereocenters. The van der Waals surface area contributed by atoms with Crippen LogP contribution in [0.4, 0.5) is 5.69 Å². The van der Waals surface area contributed by atoms with Crippen molar-refractivity contribution in [1.82, 2.24) is 5.32 Å². The van der Waals surface area contributed by atoms with Gasteiger partial charge in [-0.25, -0.2) is 0 Å². The van der Waals surface area contributed by atoms with Gasteiger partial charge in [-0.15, -0.1) is 0 Å². The molecule has 1 N–H and O–H groups in total. The number of carbonyl (C=O) groups is 2. The number of amides is 2. The van der Waals surface area contributed by atoms with E-state index in [0.29, 0.717) is 19.4 Å². The SMILES string of the molecule is Cc1ccc(CC(=O)N[C@@H]2CCN(c3ccc(C)c(C)c3)C2=O)cc1. The standard InChI is InChI=1S/C21H24N2O2/c1-14-4-7-17(8-5-14)13-20(24)22-19-10-11-23(21(19)25)18-9-6-15(2)16(3)12-18/h4-9,12,19H,10-11,13H2,1-3H3,(H,22,24)/t19-/m1/s1. The van der Waals surface area contributed by atoms with E-state index in [0.717, 1.165) is 16.8 Å². The van der Waals surface area contributed by atoms with E-state index in [1.54, 1.807) is 4.90 Å². The first-order valence-electron chi connectivity index (χ1n) is 8.67. The van der Waals surface area contributed by atoms with Crippen LogP contribution in [0.2, 0.25) is 0 Å². The lowest BCUT2D eigenvalue weighted by Crippen LogP contribution is -2.42. The quantitative estimate of drug-likeness (QED) is 0.933. The Balaban J connectivity index is 1.62. The number of carbonyl (C=O) groups excluding carboxylic acids is 2. The van der Waals surface area contributed by atoms with Crippen LogP contribution in [0, 0.1) is 20.8 Å². The van der Waals surface area contributed by atoms with E-state index < -0.39 is 6.04 Å². The Bertz CT molecular complexity index is 796. The molecular weight excluding hydrogens is 312 g/mol. The van der Waals surface area contributed by atoms with Crippen molar-refractivity contribution < 1.29 is 9.59 Å². The average molecular weight is 336 g/mol. The highest BCUT2D eigenvalue weighted by atomic mass is 16.2. The van der Waals surface area contributed by atoms with Gasteiger partial charge in [0, 0.05) is 12.2 Å².